The summed E-state index contributed by atoms with van der Waals surface area (Å²) in [6.45, 7) is 6.39. The average Bonchev–Trinajstić information content (AvgIpc) is 2.68. The molecule has 3 heteroatoms. The van der Waals surface area contributed by atoms with Crippen LogP contribution in [-0.4, -0.2) is 37.0 Å². The van der Waals surface area contributed by atoms with E-state index in [-0.39, 0.29) is 11.3 Å². The standard InChI is InChI=1S/C14H26N2O/c1-14(2)8-4-5-12(14)13(17)16-9-6-11(15-3)7-10-16/h11-12,15H,4-10H2,1-3H3. The van der Waals surface area contributed by atoms with Crippen LogP contribution in [0.2, 0.25) is 0 Å². The first-order valence-electron chi connectivity index (χ1n) is 7.00. The van der Waals surface area contributed by atoms with Crippen molar-refractivity contribution in [3.63, 3.8) is 0 Å². The molecule has 1 saturated heterocycles. The number of rotatable bonds is 2. The SMILES string of the molecule is CNC1CCN(C(=O)C2CCCC2(C)C)CC1. The molecule has 1 saturated carbocycles. The molecule has 2 rings (SSSR count). The molecular weight excluding hydrogens is 212 g/mol. The van der Waals surface area contributed by atoms with E-state index in [0.717, 1.165) is 32.4 Å². The lowest BCUT2D eigenvalue weighted by Crippen LogP contribution is -2.47. The maximum absolute atomic E-state index is 12.5. The van der Waals surface area contributed by atoms with Crippen molar-refractivity contribution in [2.45, 2.75) is 52.0 Å². The molecule has 0 spiro atoms. The first kappa shape index (κ1) is 12.9. The molecule has 0 radical (unpaired) electrons. The first-order valence-corrected chi connectivity index (χ1v) is 7.00. The smallest absolute Gasteiger partial charge is 0.226 e. The summed E-state index contributed by atoms with van der Waals surface area (Å²) in [5.74, 6) is 0.690. The summed E-state index contributed by atoms with van der Waals surface area (Å²) in [4.78, 5) is 14.6. The van der Waals surface area contributed by atoms with Gasteiger partial charge in [-0.05, 0) is 38.1 Å². The molecule has 0 bridgehead atoms. The third-order valence-corrected chi connectivity index (χ3v) is 4.77. The highest BCUT2D eigenvalue weighted by Gasteiger charge is 2.41. The van der Waals surface area contributed by atoms with Gasteiger partial charge in [0.2, 0.25) is 5.91 Å². The minimum Gasteiger partial charge on any atom is -0.342 e. The fourth-order valence-electron chi connectivity index (χ4n) is 3.39. The van der Waals surface area contributed by atoms with Gasteiger partial charge in [-0.1, -0.05) is 20.3 Å². The second kappa shape index (κ2) is 4.97. The monoisotopic (exact) mass is 238 g/mol. The summed E-state index contributed by atoms with van der Waals surface area (Å²) in [5, 5.41) is 3.31. The van der Waals surface area contributed by atoms with E-state index in [9.17, 15) is 4.79 Å². The van der Waals surface area contributed by atoms with Gasteiger partial charge in [0.25, 0.3) is 0 Å². The van der Waals surface area contributed by atoms with Crippen molar-refractivity contribution in [1.82, 2.24) is 10.2 Å². The van der Waals surface area contributed by atoms with Crippen molar-refractivity contribution in [3.8, 4) is 0 Å². The fourth-order valence-corrected chi connectivity index (χ4v) is 3.39. The Kier molecular flexibility index (Phi) is 3.76. The Morgan fingerprint density at radius 2 is 1.88 bits per heavy atom. The lowest BCUT2D eigenvalue weighted by molar-refractivity contribution is -0.139. The third-order valence-electron chi connectivity index (χ3n) is 4.77. The summed E-state index contributed by atoms with van der Waals surface area (Å²) >= 11 is 0. The van der Waals surface area contributed by atoms with Crippen molar-refractivity contribution in [3.05, 3.63) is 0 Å². The van der Waals surface area contributed by atoms with Crippen LogP contribution in [0.15, 0.2) is 0 Å². The Hall–Kier alpha value is -0.570. The average molecular weight is 238 g/mol. The first-order chi connectivity index (χ1) is 8.04. The van der Waals surface area contributed by atoms with Gasteiger partial charge in [0.15, 0.2) is 0 Å². The fraction of sp³-hybridized carbons (Fsp3) is 0.929. The number of nitrogens with one attached hydrogen (secondary N) is 1. The quantitative estimate of drug-likeness (QED) is 0.798. The zero-order valence-corrected chi connectivity index (χ0v) is 11.5. The number of carbonyl (C=O) groups is 1. The van der Waals surface area contributed by atoms with Gasteiger partial charge in [-0.3, -0.25) is 4.79 Å². The van der Waals surface area contributed by atoms with Crippen molar-refractivity contribution in [2.24, 2.45) is 11.3 Å². The van der Waals surface area contributed by atoms with Crippen LogP contribution in [0, 0.1) is 11.3 Å². The number of amides is 1. The second-order valence-corrected chi connectivity index (χ2v) is 6.32. The van der Waals surface area contributed by atoms with Crippen LogP contribution in [0.4, 0.5) is 0 Å². The van der Waals surface area contributed by atoms with Crippen molar-refractivity contribution >= 4 is 5.91 Å². The van der Waals surface area contributed by atoms with Gasteiger partial charge in [0, 0.05) is 25.0 Å². The number of likely N-dealkylation sites (tertiary alicyclic amines) is 1. The van der Waals surface area contributed by atoms with Gasteiger partial charge in [-0.2, -0.15) is 0 Å². The highest BCUT2D eigenvalue weighted by molar-refractivity contribution is 5.80. The van der Waals surface area contributed by atoms with Crippen LogP contribution in [0.5, 0.6) is 0 Å². The molecule has 1 N–H and O–H groups in total. The van der Waals surface area contributed by atoms with Gasteiger partial charge in [0.1, 0.15) is 0 Å². The summed E-state index contributed by atoms with van der Waals surface area (Å²) in [6, 6.07) is 0.607. The minimum atomic E-state index is 0.219. The van der Waals surface area contributed by atoms with Crippen LogP contribution in [-0.2, 0) is 4.79 Å². The van der Waals surface area contributed by atoms with Gasteiger partial charge in [-0.15, -0.1) is 0 Å². The molecule has 2 aliphatic rings. The predicted octanol–water partition coefficient (Wildman–Crippen LogP) is 2.02. The molecule has 0 aromatic rings. The molecule has 1 aliphatic heterocycles. The van der Waals surface area contributed by atoms with Gasteiger partial charge in [0.05, 0.1) is 0 Å². The van der Waals surface area contributed by atoms with Crippen molar-refractivity contribution in [2.75, 3.05) is 20.1 Å². The van der Waals surface area contributed by atoms with E-state index in [4.69, 9.17) is 0 Å². The molecule has 1 amide bonds. The number of nitrogens with zero attached hydrogens (tertiary/aromatic N) is 1. The Balaban J connectivity index is 1.93. The van der Waals surface area contributed by atoms with Crippen LogP contribution >= 0.6 is 0 Å². The highest BCUT2D eigenvalue weighted by Crippen LogP contribution is 2.43. The van der Waals surface area contributed by atoms with Crippen molar-refractivity contribution in [1.29, 1.82) is 0 Å². The highest BCUT2D eigenvalue weighted by atomic mass is 16.2. The van der Waals surface area contributed by atoms with Crippen LogP contribution in [0.3, 0.4) is 0 Å². The van der Waals surface area contributed by atoms with E-state index >= 15 is 0 Å². The van der Waals surface area contributed by atoms with Gasteiger partial charge < -0.3 is 10.2 Å². The number of piperidine rings is 1. The summed E-state index contributed by atoms with van der Waals surface area (Å²) < 4.78 is 0. The molecule has 98 valence electrons. The van der Waals surface area contributed by atoms with Gasteiger partial charge in [-0.25, -0.2) is 0 Å². The summed E-state index contributed by atoms with van der Waals surface area (Å²) in [7, 11) is 2.02. The molecule has 2 fully saturated rings. The molecule has 0 aromatic carbocycles. The molecule has 17 heavy (non-hydrogen) atoms. The van der Waals surface area contributed by atoms with Crippen LogP contribution in [0.1, 0.15) is 46.0 Å². The van der Waals surface area contributed by atoms with E-state index < -0.39 is 0 Å². The van der Waals surface area contributed by atoms with Gasteiger partial charge >= 0.3 is 0 Å². The lowest BCUT2D eigenvalue weighted by atomic mass is 9.81. The van der Waals surface area contributed by atoms with E-state index in [1.165, 1.54) is 12.8 Å². The normalized spacial score (nSPS) is 29.6. The summed E-state index contributed by atoms with van der Waals surface area (Å²) in [6.07, 6.45) is 5.73. The number of hydrogen-bond donors (Lipinski definition) is 1. The summed E-state index contributed by atoms with van der Waals surface area (Å²) in [5.41, 5.74) is 0.219. The minimum absolute atomic E-state index is 0.219. The number of hydrogen-bond acceptors (Lipinski definition) is 2. The zero-order chi connectivity index (χ0) is 12.5. The second-order valence-electron chi connectivity index (χ2n) is 6.32. The Bertz CT molecular complexity index is 280. The van der Waals surface area contributed by atoms with E-state index in [1.54, 1.807) is 0 Å². The third kappa shape index (κ3) is 2.65. The molecule has 1 aliphatic carbocycles. The van der Waals surface area contributed by atoms with E-state index in [0.29, 0.717) is 11.9 Å². The molecule has 1 unspecified atom stereocenters. The Labute approximate surface area is 105 Å². The largest absolute Gasteiger partial charge is 0.342 e. The Morgan fingerprint density at radius 3 is 2.35 bits per heavy atom. The maximum atomic E-state index is 12.5. The van der Waals surface area contributed by atoms with Crippen molar-refractivity contribution < 1.29 is 4.79 Å². The zero-order valence-electron chi connectivity index (χ0n) is 11.5. The van der Waals surface area contributed by atoms with Crippen LogP contribution < -0.4 is 5.32 Å². The molecular formula is C14H26N2O. The van der Waals surface area contributed by atoms with E-state index in [1.807, 2.05) is 7.05 Å². The van der Waals surface area contributed by atoms with E-state index in [2.05, 4.69) is 24.1 Å². The topological polar surface area (TPSA) is 32.3 Å². The number of carbonyl (C=O) groups excluding carboxylic acids is 1. The molecule has 3 nitrogen and oxygen atoms in total. The molecule has 1 heterocycles. The predicted molar refractivity (Wildman–Crippen MR) is 69.8 cm³/mol. The molecule has 0 aromatic heterocycles. The molecule has 1 atom stereocenters. The lowest BCUT2D eigenvalue weighted by Gasteiger charge is -2.36. The maximum Gasteiger partial charge on any atom is 0.226 e. The van der Waals surface area contributed by atoms with Crippen LogP contribution in [0.25, 0.3) is 0 Å². The Morgan fingerprint density at radius 1 is 1.24 bits per heavy atom.